The molecule has 2 aromatic rings. The zero-order chi connectivity index (χ0) is 20.1. The number of fused-ring (bicyclic) bond motifs is 2. The topological polar surface area (TPSA) is 59.7 Å². The summed E-state index contributed by atoms with van der Waals surface area (Å²) in [6.07, 6.45) is 3.63. The van der Waals surface area contributed by atoms with Gasteiger partial charge in [0.05, 0.1) is 12.7 Å². The summed E-state index contributed by atoms with van der Waals surface area (Å²) in [6, 6.07) is 8.80. The van der Waals surface area contributed by atoms with E-state index in [1.165, 1.54) is 11.6 Å². The molecule has 1 heterocycles. The van der Waals surface area contributed by atoms with Crippen LogP contribution in [-0.2, 0) is 0 Å². The van der Waals surface area contributed by atoms with Crippen LogP contribution in [0, 0.1) is 22.7 Å². The molecule has 1 aromatic heterocycles. The van der Waals surface area contributed by atoms with E-state index in [0.717, 1.165) is 31.1 Å². The monoisotopic (exact) mass is 382 g/mol. The third-order valence-corrected chi connectivity index (χ3v) is 7.56. The van der Waals surface area contributed by atoms with Crippen LogP contribution >= 0.6 is 0 Å². The van der Waals surface area contributed by atoms with Crippen molar-refractivity contribution in [2.45, 2.75) is 52.6 Å². The molecule has 2 saturated carbocycles. The van der Waals surface area contributed by atoms with E-state index in [0.29, 0.717) is 23.9 Å². The van der Waals surface area contributed by atoms with Gasteiger partial charge in [0.2, 0.25) is 0 Å². The van der Waals surface area contributed by atoms with E-state index in [4.69, 9.17) is 9.15 Å². The van der Waals surface area contributed by atoms with Crippen molar-refractivity contribution in [3.05, 3.63) is 52.9 Å². The Kier molecular flexibility index (Phi) is 4.65. The Morgan fingerprint density at radius 2 is 1.96 bits per heavy atom. The van der Waals surface area contributed by atoms with Gasteiger partial charge in [-0.2, -0.15) is 0 Å². The first-order valence-corrected chi connectivity index (χ1v) is 10.2. The lowest BCUT2D eigenvalue weighted by Gasteiger charge is -2.59. The van der Waals surface area contributed by atoms with Crippen molar-refractivity contribution in [2.24, 2.45) is 22.7 Å². The third kappa shape index (κ3) is 3.08. The molecular formula is C24H30O4. The second kappa shape index (κ2) is 6.77. The Morgan fingerprint density at radius 1 is 1.21 bits per heavy atom. The molecule has 2 aliphatic rings. The molecule has 0 aliphatic heterocycles. The van der Waals surface area contributed by atoms with Gasteiger partial charge >= 0.3 is 5.63 Å². The highest BCUT2D eigenvalue weighted by atomic mass is 16.5. The second-order valence-electron chi connectivity index (χ2n) is 9.45. The highest BCUT2D eigenvalue weighted by molar-refractivity contribution is 5.77. The predicted octanol–water partition coefficient (Wildman–Crippen LogP) is 4.94. The van der Waals surface area contributed by atoms with Crippen LogP contribution in [0.25, 0.3) is 11.0 Å². The normalized spacial score (nSPS) is 32.1. The molecule has 0 saturated heterocycles. The summed E-state index contributed by atoms with van der Waals surface area (Å²) in [6.45, 7) is 11.7. The number of rotatable bonds is 3. The Balaban J connectivity index is 1.58. The van der Waals surface area contributed by atoms with Crippen molar-refractivity contribution < 1.29 is 14.3 Å². The number of hydrogen-bond donors (Lipinski definition) is 1. The first-order valence-electron chi connectivity index (χ1n) is 10.2. The van der Waals surface area contributed by atoms with Crippen molar-refractivity contribution in [1.82, 2.24) is 0 Å². The Labute approximate surface area is 166 Å². The van der Waals surface area contributed by atoms with Crippen LogP contribution in [0.4, 0.5) is 0 Å². The van der Waals surface area contributed by atoms with E-state index >= 15 is 0 Å². The average Bonchev–Trinajstić information content (AvgIpc) is 2.64. The quantitative estimate of drug-likeness (QED) is 0.603. The smallest absolute Gasteiger partial charge is 0.336 e. The van der Waals surface area contributed by atoms with E-state index in [1.807, 2.05) is 12.1 Å². The van der Waals surface area contributed by atoms with Gasteiger partial charge in [-0.25, -0.2) is 4.79 Å². The van der Waals surface area contributed by atoms with E-state index in [1.54, 1.807) is 12.1 Å². The van der Waals surface area contributed by atoms with Gasteiger partial charge in [0, 0.05) is 23.4 Å². The van der Waals surface area contributed by atoms with Crippen molar-refractivity contribution in [2.75, 3.05) is 6.61 Å². The van der Waals surface area contributed by atoms with E-state index in [-0.39, 0.29) is 28.5 Å². The van der Waals surface area contributed by atoms with E-state index < -0.39 is 0 Å². The number of aliphatic hydroxyl groups is 1. The first-order chi connectivity index (χ1) is 13.2. The van der Waals surface area contributed by atoms with Crippen LogP contribution in [0.15, 0.2) is 51.7 Å². The summed E-state index contributed by atoms with van der Waals surface area (Å²) in [5.74, 6) is 1.39. The number of hydrogen-bond acceptors (Lipinski definition) is 4. The fraction of sp³-hybridized carbons (Fsp3) is 0.542. The molecule has 0 bridgehead atoms. The van der Waals surface area contributed by atoms with Crippen LogP contribution in [0.1, 0.15) is 46.5 Å². The molecular weight excluding hydrogens is 352 g/mol. The zero-order valence-electron chi connectivity index (χ0n) is 17.0. The maximum Gasteiger partial charge on any atom is 0.336 e. The molecule has 1 N–H and O–H groups in total. The summed E-state index contributed by atoms with van der Waals surface area (Å²) in [4.78, 5) is 11.5. The molecule has 4 nitrogen and oxygen atoms in total. The lowest BCUT2D eigenvalue weighted by Crippen LogP contribution is -2.55. The SMILES string of the molecule is C=C1CC[C@@H]2C(C)(C)C(O)CCC2(C)C1COc1ccc2ccc(=O)oc2c1. The van der Waals surface area contributed by atoms with Crippen LogP contribution in [-0.4, -0.2) is 17.8 Å². The van der Waals surface area contributed by atoms with Crippen molar-refractivity contribution >= 4 is 11.0 Å². The number of ether oxygens (including phenoxy) is 1. The van der Waals surface area contributed by atoms with Crippen LogP contribution in [0.5, 0.6) is 5.75 Å². The molecule has 4 atom stereocenters. The molecule has 2 aliphatic carbocycles. The third-order valence-electron chi connectivity index (χ3n) is 7.56. The molecule has 1 aromatic carbocycles. The van der Waals surface area contributed by atoms with Gasteiger partial charge in [0.15, 0.2) is 0 Å². The Morgan fingerprint density at radius 3 is 2.75 bits per heavy atom. The lowest BCUT2D eigenvalue weighted by atomic mass is 9.47. The molecule has 4 rings (SSSR count). The number of aliphatic hydroxyl groups excluding tert-OH is 1. The van der Waals surface area contributed by atoms with Gasteiger partial charge in [0.25, 0.3) is 0 Å². The van der Waals surface area contributed by atoms with Gasteiger partial charge < -0.3 is 14.3 Å². The number of benzene rings is 1. The highest BCUT2D eigenvalue weighted by Gasteiger charge is 2.56. The van der Waals surface area contributed by atoms with Crippen LogP contribution in [0.2, 0.25) is 0 Å². The molecule has 0 amide bonds. The standard InChI is InChI=1S/C24H30O4/c1-15-5-9-20-23(2,3)21(25)11-12-24(20,4)18(15)14-27-17-8-6-16-7-10-22(26)28-19(16)13-17/h6-8,10,13,18,20-21,25H,1,5,9,11-12,14H2,2-4H3/t18?,20-,21?,24?/m1/s1. The van der Waals surface area contributed by atoms with Crippen LogP contribution < -0.4 is 10.4 Å². The molecule has 3 unspecified atom stereocenters. The van der Waals surface area contributed by atoms with Gasteiger partial charge in [0.1, 0.15) is 11.3 Å². The lowest BCUT2D eigenvalue weighted by molar-refractivity contribution is -0.128. The van der Waals surface area contributed by atoms with Gasteiger partial charge in [-0.05, 0) is 60.6 Å². The van der Waals surface area contributed by atoms with Crippen molar-refractivity contribution in [3.8, 4) is 5.75 Å². The summed E-state index contributed by atoms with van der Waals surface area (Å²) in [5.41, 5.74) is 1.40. The van der Waals surface area contributed by atoms with Gasteiger partial charge in [-0.3, -0.25) is 0 Å². The van der Waals surface area contributed by atoms with Gasteiger partial charge in [-0.15, -0.1) is 0 Å². The summed E-state index contributed by atoms with van der Waals surface area (Å²) in [7, 11) is 0. The minimum absolute atomic E-state index is 0.0709. The largest absolute Gasteiger partial charge is 0.493 e. The Bertz CT molecular complexity index is 956. The maximum absolute atomic E-state index is 11.5. The average molecular weight is 383 g/mol. The van der Waals surface area contributed by atoms with Gasteiger partial charge in [-0.1, -0.05) is 32.9 Å². The maximum atomic E-state index is 11.5. The molecule has 2 fully saturated rings. The summed E-state index contributed by atoms with van der Waals surface area (Å²) < 4.78 is 11.5. The molecule has 0 radical (unpaired) electrons. The van der Waals surface area contributed by atoms with Crippen molar-refractivity contribution in [1.29, 1.82) is 0 Å². The summed E-state index contributed by atoms with van der Waals surface area (Å²) >= 11 is 0. The molecule has 150 valence electrons. The molecule has 4 heteroatoms. The highest BCUT2D eigenvalue weighted by Crippen LogP contribution is 2.60. The van der Waals surface area contributed by atoms with E-state index in [2.05, 4.69) is 27.4 Å². The van der Waals surface area contributed by atoms with E-state index in [9.17, 15) is 9.90 Å². The fourth-order valence-electron chi connectivity index (χ4n) is 5.78. The minimum atomic E-state index is -0.358. The predicted molar refractivity (Wildman–Crippen MR) is 110 cm³/mol. The molecule has 0 spiro atoms. The minimum Gasteiger partial charge on any atom is -0.493 e. The van der Waals surface area contributed by atoms with Crippen molar-refractivity contribution in [3.63, 3.8) is 0 Å². The second-order valence-corrected chi connectivity index (χ2v) is 9.45. The van der Waals surface area contributed by atoms with Crippen LogP contribution in [0.3, 0.4) is 0 Å². The Hall–Kier alpha value is -2.07. The fourth-order valence-corrected chi connectivity index (χ4v) is 5.78. The zero-order valence-corrected chi connectivity index (χ0v) is 17.0. The summed E-state index contributed by atoms with van der Waals surface area (Å²) in [5, 5.41) is 11.5. The first kappa shape index (κ1) is 19.3. The molecule has 28 heavy (non-hydrogen) atoms.